The van der Waals surface area contributed by atoms with E-state index in [1.165, 1.54) is 11.3 Å². The minimum atomic E-state index is -0.0172. The number of carbonyl (C=O) groups is 1. The van der Waals surface area contributed by atoms with Gasteiger partial charge in [-0.25, -0.2) is 4.98 Å². The van der Waals surface area contributed by atoms with Crippen LogP contribution in [0, 0.1) is 0 Å². The third kappa shape index (κ3) is 1.66. The number of ketones is 1. The van der Waals surface area contributed by atoms with Crippen molar-refractivity contribution in [2.45, 2.75) is 0 Å². The molecule has 20 heavy (non-hydrogen) atoms. The molecule has 0 aliphatic heterocycles. The first-order valence-corrected chi connectivity index (χ1v) is 7.11. The zero-order chi connectivity index (χ0) is 13.5. The van der Waals surface area contributed by atoms with Gasteiger partial charge in [0.2, 0.25) is 5.78 Å². The number of rotatable bonds is 2. The van der Waals surface area contributed by atoms with Crippen LogP contribution in [-0.4, -0.2) is 15.8 Å². The Morgan fingerprint density at radius 3 is 2.85 bits per heavy atom. The second-order valence-corrected chi connectivity index (χ2v) is 5.59. The molecule has 2 heterocycles. The first kappa shape index (κ1) is 11.4. The van der Waals surface area contributed by atoms with Crippen molar-refractivity contribution in [1.29, 1.82) is 0 Å². The number of nitrogens with zero attached hydrogens (tertiary/aromatic N) is 1. The fourth-order valence-corrected chi connectivity index (χ4v) is 3.29. The van der Waals surface area contributed by atoms with E-state index in [4.69, 9.17) is 0 Å². The molecule has 4 aromatic rings. The summed E-state index contributed by atoms with van der Waals surface area (Å²) >= 11 is 1.44. The molecule has 0 saturated heterocycles. The Morgan fingerprint density at radius 1 is 1.05 bits per heavy atom. The third-order valence-corrected chi connectivity index (χ3v) is 4.36. The average molecular weight is 278 g/mol. The molecule has 3 nitrogen and oxygen atoms in total. The van der Waals surface area contributed by atoms with Gasteiger partial charge in [-0.05, 0) is 24.3 Å². The van der Waals surface area contributed by atoms with Crippen LogP contribution in [-0.2, 0) is 0 Å². The highest BCUT2D eigenvalue weighted by atomic mass is 32.1. The number of thiazole rings is 1. The molecule has 0 aliphatic carbocycles. The highest BCUT2D eigenvalue weighted by molar-refractivity contribution is 7.20. The van der Waals surface area contributed by atoms with Crippen LogP contribution in [0.3, 0.4) is 0 Å². The van der Waals surface area contributed by atoms with Crippen LogP contribution >= 0.6 is 11.3 Å². The van der Waals surface area contributed by atoms with E-state index in [0.717, 1.165) is 21.1 Å². The summed E-state index contributed by atoms with van der Waals surface area (Å²) in [5.74, 6) is -0.0172. The molecule has 96 valence electrons. The van der Waals surface area contributed by atoms with Crippen molar-refractivity contribution in [3.63, 3.8) is 0 Å². The number of nitrogens with one attached hydrogen (secondary N) is 1. The largest absolute Gasteiger partial charge is 0.361 e. The predicted molar refractivity (Wildman–Crippen MR) is 81.4 cm³/mol. The Kier molecular flexibility index (Phi) is 2.44. The molecular weight excluding hydrogens is 268 g/mol. The molecular formula is C16H10N2OS. The number of aromatic amines is 1. The highest BCUT2D eigenvalue weighted by Gasteiger charge is 2.16. The van der Waals surface area contributed by atoms with Crippen LogP contribution in [0.5, 0.6) is 0 Å². The quantitative estimate of drug-likeness (QED) is 0.563. The van der Waals surface area contributed by atoms with Gasteiger partial charge in [-0.1, -0.05) is 24.3 Å². The lowest BCUT2D eigenvalue weighted by molar-refractivity contribution is 0.104. The maximum atomic E-state index is 12.7. The number of hydrogen-bond donors (Lipinski definition) is 1. The van der Waals surface area contributed by atoms with Gasteiger partial charge in [-0.3, -0.25) is 4.79 Å². The molecule has 2 aromatic heterocycles. The van der Waals surface area contributed by atoms with Gasteiger partial charge < -0.3 is 4.98 Å². The van der Waals surface area contributed by atoms with E-state index in [1.807, 2.05) is 54.7 Å². The SMILES string of the molecule is O=C(c1nc2ccccc2s1)c1cccc2[nH]ccc12. The van der Waals surface area contributed by atoms with Crippen molar-refractivity contribution in [3.05, 3.63) is 65.3 Å². The van der Waals surface area contributed by atoms with Crippen molar-refractivity contribution in [1.82, 2.24) is 9.97 Å². The van der Waals surface area contributed by atoms with Crippen molar-refractivity contribution in [2.24, 2.45) is 0 Å². The Labute approximate surface area is 118 Å². The second-order valence-electron chi connectivity index (χ2n) is 4.56. The van der Waals surface area contributed by atoms with Crippen LogP contribution in [0.2, 0.25) is 0 Å². The minimum Gasteiger partial charge on any atom is -0.361 e. The number of aromatic nitrogens is 2. The molecule has 0 aliphatic rings. The van der Waals surface area contributed by atoms with Gasteiger partial charge in [-0.15, -0.1) is 11.3 Å². The van der Waals surface area contributed by atoms with Gasteiger partial charge in [-0.2, -0.15) is 0 Å². The number of hydrogen-bond acceptors (Lipinski definition) is 3. The molecule has 0 amide bonds. The van der Waals surface area contributed by atoms with Gasteiger partial charge in [0.1, 0.15) is 0 Å². The molecule has 0 fully saturated rings. The number of para-hydroxylation sites is 1. The van der Waals surface area contributed by atoms with Crippen LogP contribution in [0.25, 0.3) is 21.1 Å². The van der Waals surface area contributed by atoms with Gasteiger partial charge in [0.05, 0.1) is 10.2 Å². The topological polar surface area (TPSA) is 45.8 Å². The summed E-state index contributed by atoms with van der Waals surface area (Å²) in [5, 5.41) is 1.48. The van der Waals surface area contributed by atoms with Crippen LogP contribution in [0.1, 0.15) is 15.4 Å². The summed E-state index contributed by atoms with van der Waals surface area (Å²) in [6.07, 6.45) is 1.85. The Balaban J connectivity index is 1.89. The van der Waals surface area contributed by atoms with E-state index in [2.05, 4.69) is 9.97 Å². The second kappa shape index (κ2) is 4.28. The molecule has 4 rings (SSSR count). The van der Waals surface area contributed by atoms with Crippen LogP contribution in [0.15, 0.2) is 54.7 Å². The molecule has 0 bridgehead atoms. The van der Waals surface area contributed by atoms with Crippen LogP contribution in [0.4, 0.5) is 0 Å². The lowest BCUT2D eigenvalue weighted by Crippen LogP contribution is -2.00. The van der Waals surface area contributed by atoms with E-state index in [0.29, 0.717) is 10.6 Å². The van der Waals surface area contributed by atoms with Crippen molar-refractivity contribution in [2.75, 3.05) is 0 Å². The zero-order valence-corrected chi connectivity index (χ0v) is 11.3. The van der Waals surface area contributed by atoms with E-state index in [1.54, 1.807) is 0 Å². The Bertz CT molecular complexity index is 903. The fourth-order valence-electron chi connectivity index (χ4n) is 2.37. The number of fused-ring (bicyclic) bond motifs is 2. The summed E-state index contributed by atoms with van der Waals surface area (Å²) in [4.78, 5) is 20.2. The normalized spacial score (nSPS) is 11.2. The first-order valence-electron chi connectivity index (χ1n) is 6.29. The predicted octanol–water partition coefficient (Wildman–Crippen LogP) is 4.01. The number of benzene rings is 2. The summed E-state index contributed by atoms with van der Waals surface area (Å²) in [6.45, 7) is 0. The van der Waals surface area contributed by atoms with E-state index in [-0.39, 0.29) is 5.78 Å². The lowest BCUT2D eigenvalue weighted by Gasteiger charge is -1.99. The summed E-state index contributed by atoms with van der Waals surface area (Å²) in [5.41, 5.74) is 2.54. The fraction of sp³-hybridized carbons (Fsp3) is 0. The van der Waals surface area contributed by atoms with Gasteiger partial charge in [0, 0.05) is 22.7 Å². The molecule has 1 N–H and O–H groups in total. The summed E-state index contributed by atoms with van der Waals surface area (Å²) in [6, 6.07) is 15.4. The molecule has 0 spiro atoms. The Morgan fingerprint density at radius 2 is 1.95 bits per heavy atom. The molecule has 4 heteroatoms. The molecule has 0 saturated carbocycles. The highest BCUT2D eigenvalue weighted by Crippen LogP contribution is 2.26. The maximum Gasteiger partial charge on any atom is 0.222 e. The number of H-pyrrole nitrogens is 1. The van der Waals surface area contributed by atoms with E-state index < -0.39 is 0 Å². The van der Waals surface area contributed by atoms with Gasteiger partial charge in [0.25, 0.3) is 0 Å². The smallest absolute Gasteiger partial charge is 0.222 e. The third-order valence-electron chi connectivity index (χ3n) is 3.33. The van der Waals surface area contributed by atoms with Gasteiger partial charge >= 0.3 is 0 Å². The van der Waals surface area contributed by atoms with E-state index >= 15 is 0 Å². The number of carbonyl (C=O) groups excluding carboxylic acids is 1. The standard InChI is InChI=1S/C16H10N2OS/c19-15(11-4-3-6-12-10(11)8-9-17-12)16-18-13-5-1-2-7-14(13)20-16/h1-9,17H. The summed E-state index contributed by atoms with van der Waals surface area (Å²) in [7, 11) is 0. The van der Waals surface area contributed by atoms with E-state index in [9.17, 15) is 4.79 Å². The van der Waals surface area contributed by atoms with Crippen molar-refractivity contribution in [3.8, 4) is 0 Å². The van der Waals surface area contributed by atoms with Gasteiger partial charge in [0.15, 0.2) is 5.01 Å². The Hall–Kier alpha value is -2.46. The van der Waals surface area contributed by atoms with Crippen molar-refractivity contribution >= 4 is 38.2 Å². The molecule has 0 unspecified atom stereocenters. The zero-order valence-electron chi connectivity index (χ0n) is 10.5. The minimum absolute atomic E-state index is 0.0172. The maximum absolute atomic E-state index is 12.7. The lowest BCUT2D eigenvalue weighted by atomic mass is 10.1. The molecule has 0 atom stereocenters. The molecule has 0 radical (unpaired) electrons. The first-order chi connectivity index (χ1) is 9.83. The summed E-state index contributed by atoms with van der Waals surface area (Å²) < 4.78 is 1.04. The van der Waals surface area contributed by atoms with Crippen molar-refractivity contribution < 1.29 is 4.79 Å². The van der Waals surface area contributed by atoms with Crippen LogP contribution < -0.4 is 0 Å². The monoisotopic (exact) mass is 278 g/mol. The average Bonchev–Trinajstić information content (AvgIpc) is 3.12. The molecule has 2 aromatic carbocycles.